The zero-order valence-corrected chi connectivity index (χ0v) is 11.9. The maximum atomic E-state index is 12.1. The van der Waals surface area contributed by atoms with Crippen LogP contribution < -0.4 is 5.56 Å². The Bertz CT molecular complexity index is 830. The van der Waals surface area contributed by atoms with Crippen LogP contribution in [-0.2, 0) is 0 Å². The topological polar surface area (TPSA) is 45.8 Å². The summed E-state index contributed by atoms with van der Waals surface area (Å²) in [5.74, 6) is 0.658. The molecule has 19 heavy (non-hydrogen) atoms. The van der Waals surface area contributed by atoms with Gasteiger partial charge < -0.3 is 4.98 Å². The molecule has 0 saturated heterocycles. The highest BCUT2D eigenvalue weighted by molar-refractivity contribution is 7.17. The first-order valence-corrected chi connectivity index (χ1v) is 7.00. The largest absolute Gasteiger partial charge is 0.310 e. The van der Waals surface area contributed by atoms with E-state index < -0.39 is 0 Å². The van der Waals surface area contributed by atoms with Crippen LogP contribution >= 0.6 is 11.3 Å². The van der Waals surface area contributed by atoms with Gasteiger partial charge in [-0.3, -0.25) is 4.79 Å². The number of fused-ring (bicyclic) bond motifs is 1. The summed E-state index contributed by atoms with van der Waals surface area (Å²) >= 11 is 1.52. The first-order chi connectivity index (χ1) is 9.06. The number of hydrogen-bond acceptors (Lipinski definition) is 3. The second-order valence-electron chi connectivity index (χ2n) is 4.78. The summed E-state index contributed by atoms with van der Waals surface area (Å²) in [6.07, 6.45) is 0. The molecular weight excluding hydrogens is 256 g/mol. The molecule has 0 aliphatic heterocycles. The Labute approximate surface area is 115 Å². The number of benzene rings is 1. The lowest BCUT2D eigenvalue weighted by Gasteiger charge is -2.04. The molecule has 0 spiro atoms. The summed E-state index contributed by atoms with van der Waals surface area (Å²) in [6, 6.07) is 6.27. The van der Waals surface area contributed by atoms with Crippen molar-refractivity contribution in [2.24, 2.45) is 0 Å². The van der Waals surface area contributed by atoms with Crippen molar-refractivity contribution in [2.45, 2.75) is 20.8 Å². The maximum absolute atomic E-state index is 12.1. The van der Waals surface area contributed by atoms with E-state index in [0.29, 0.717) is 11.2 Å². The summed E-state index contributed by atoms with van der Waals surface area (Å²) in [6.45, 7) is 5.97. The highest BCUT2D eigenvalue weighted by atomic mass is 32.1. The van der Waals surface area contributed by atoms with Crippen molar-refractivity contribution in [3.05, 3.63) is 50.9 Å². The van der Waals surface area contributed by atoms with Crippen LogP contribution in [0, 0.1) is 20.8 Å². The monoisotopic (exact) mass is 270 g/mol. The quantitative estimate of drug-likeness (QED) is 0.734. The van der Waals surface area contributed by atoms with Crippen molar-refractivity contribution < 1.29 is 0 Å². The van der Waals surface area contributed by atoms with Crippen LogP contribution in [0.1, 0.15) is 17.0 Å². The lowest BCUT2D eigenvalue weighted by Crippen LogP contribution is -2.08. The number of nitrogens with one attached hydrogen (secondary N) is 1. The van der Waals surface area contributed by atoms with E-state index in [9.17, 15) is 4.79 Å². The summed E-state index contributed by atoms with van der Waals surface area (Å²) in [5, 5.41) is 2.70. The molecule has 0 unspecified atom stereocenters. The van der Waals surface area contributed by atoms with Gasteiger partial charge in [0, 0.05) is 10.9 Å². The van der Waals surface area contributed by atoms with Gasteiger partial charge in [0.05, 0.1) is 5.39 Å². The fourth-order valence-electron chi connectivity index (χ4n) is 2.18. The number of thiophene rings is 1. The van der Waals surface area contributed by atoms with Gasteiger partial charge in [-0.2, -0.15) is 0 Å². The van der Waals surface area contributed by atoms with E-state index in [1.54, 1.807) is 6.92 Å². The first kappa shape index (κ1) is 12.1. The number of hydrogen-bond donors (Lipinski definition) is 1. The third-order valence-corrected chi connectivity index (χ3v) is 4.25. The molecule has 0 bridgehead atoms. The average Bonchev–Trinajstić information content (AvgIpc) is 2.76. The van der Waals surface area contributed by atoms with E-state index in [1.165, 1.54) is 22.5 Å². The Morgan fingerprint density at radius 3 is 2.68 bits per heavy atom. The van der Waals surface area contributed by atoms with Gasteiger partial charge in [-0.05, 0) is 37.5 Å². The molecule has 0 atom stereocenters. The van der Waals surface area contributed by atoms with Crippen LogP contribution in [0.15, 0.2) is 28.4 Å². The lowest BCUT2D eigenvalue weighted by atomic mass is 10.0. The number of aromatic amines is 1. The van der Waals surface area contributed by atoms with Crippen molar-refractivity contribution in [3.63, 3.8) is 0 Å². The minimum absolute atomic E-state index is 0.0584. The fourth-order valence-corrected chi connectivity index (χ4v) is 3.17. The highest BCUT2D eigenvalue weighted by Crippen LogP contribution is 2.31. The zero-order valence-electron chi connectivity index (χ0n) is 11.1. The summed E-state index contributed by atoms with van der Waals surface area (Å²) in [5.41, 5.74) is 4.47. The summed E-state index contributed by atoms with van der Waals surface area (Å²) < 4.78 is 0. The van der Waals surface area contributed by atoms with Crippen LogP contribution in [0.5, 0.6) is 0 Å². The standard InChI is InChI=1S/C15H14N2OS/c1-8-4-5-11(6-9(8)2)12-7-19-15-13(12)14(18)16-10(3)17-15/h4-7H,1-3H3,(H,16,17,18). The molecular formula is C15H14N2OS. The Hall–Kier alpha value is -1.94. The molecule has 0 aliphatic carbocycles. The van der Waals surface area contributed by atoms with Crippen LogP contribution in [0.2, 0.25) is 0 Å². The van der Waals surface area contributed by atoms with E-state index >= 15 is 0 Å². The molecule has 0 fully saturated rings. The second-order valence-corrected chi connectivity index (χ2v) is 5.64. The predicted octanol–water partition coefficient (Wildman–Crippen LogP) is 3.58. The highest BCUT2D eigenvalue weighted by Gasteiger charge is 2.12. The van der Waals surface area contributed by atoms with Crippen LogP contribution in [-0.4, -0.2) is 9.97 Å². The smallest absolute Gasteiger partial charge is 0.260 e. The van der Waals surface area contributed by atoms with Gasteiger partial charge in [0.25, 0.3) is 5.56 Å². The van der Waals surface area contributed by atoms with Crippen LogP contribution in [0.4, 0.5) is 0 Å². The van der Waals surface area contributed by atoms with E-state index in [0.717, 1.165) is 16.0 Å². The van der Waals surface area contributed by atoms with Gasteiger partial charge in [0.1, 0.15) is 10.7 Å². The van der Waals surface area contributed by atoms with Crippen molar-refractivity contribution in [1.29, 1.82) is 0 Å². The third kappa shape index (κ3) is 1.98. The number of nitrogens with zero attached hydrogens (tertiary/aromatic N) is 1. The van der Waals surface area contributed by atoms with E-state index in [1.807, 2.05) is 5.38 Å². The van der Waals surface area contributed by atoms with Crippen LogP contribution in [0.25, 0.3) is 21.3 Å². The molecule has 0 amide bonds. The molecule has 96 valence electrons. The van der Waals surface area contributed by atoms with Gasteiger partial charge in [0.15, 0.2) is 0 Å². The first-order valence-electron chi connectivity index (χ1n) is 6.12. The van der Waals surface area contributed by atoms with Crippen molar-refractivity contribution in [2.75, 3.05) is 0 Å². The number of H-pyrrole nitrogens is 1. The fraction of sp³-hybridized carbons (Fsp3) is 0.200. The third-order valence-electron chi connectivity index (χ3n) is 3.38. The lowest BCUT2D eigenvalue weighted by molar-refractivity contribution is 1.07. The molecule has 4 heteroatoms. The normalized spacial score (nSPS) is 11.1. The molecule has 2 aromatic heterocycles. The minimum Gasteiger partial charge on any atom is -0.310 e. The Kier molecular flexibility index (Phi) is 2.75. The Balaban J connectivity index is 2.31. The van der Waals surface area contributed by atoms with Crippen LogP contribution in [0.3, 0.4) is 0 Å². The minimum atomic E-state index is -0.0584. The SMILES string of the molecule is Cc1nc2scc(-c3ccc(C)c(C)c3)c2c(=O)[nH]1. The number of rotatable bonds is 1. The molecule has 1 aromatic carbocycles. The number of aromatic nitrogens is 2. The number of aryl methyl sites for hydroxylation is 3. The predicted molar refractivity (Wildman–Crippen MR) is 79.9 cm³/mol. The van der Waals surface area contributed by atoms with Gasteiger partial charge in [-0.25, -0.2) is 4.98 Å². The molecule has 3 rings (SSSR count). The maximum Gasteiger partial charge on any atom is 0.260 e. The summed E-state index contributed by atoms with van der Waals surface area (Å²) in [4.78, 5) is 20.1. The Morgan fingerprint density at radius 1 is 1.16 bits per heavy atom. The van der Waals surface area contributed by atoms with Crippen molar-refractivity contribution in [1.82, 2.24) is 9.97 Å². The van der Waals surface area contributed by atoms with Crippen molar-refractivity contribution in [3.8, 4) is 11.1 Å². The summed E-state index contributed by atoms with van der Waals surface area (Å²) in [7, 11) is 0. The van der Waals surface area contributed by atoms with Gasteiger partial charge >= 0.3 is 0 Å². The molecule has 0 radical (unpaired) electrons. The zero-order chi connectivity index (χ0) is 13.6. The van der Waals surface area contributed by atoms with Gasteiger partial charge in [-0.15, -0.1) is 11.3 Å². The van der Waals surface area contributed by atoms with Gasteiger partial charge in [0.2, 0.25) is 0 Å². The Morgan fingerprint density at radius 2 is 1.95 bits per heavy atom. The van der Waals surface area contributed by atoms with E-state index in [2.05, 4.69) is 42.0 Å². The second kappa shape index (κ2) is 4.31. The molecule has 3 aromatic rings. The molecule has 0 aliphatic rings. The average molecular weight is 270 g/mol. The molecule has 0 saturated carbocycles. The molecule has 1 N–H and O–H groups in total. The van der Waals surface area contributed by atoms with E-state index in [-0.39, 0.29) is 5.56 Å². The molecule has 3 nitrogen and oxygen atoms in total. The molecule has 2 heterocycles. The van der Waals surface area contributed by atoms with Crippen molar-refractivity contribution >= 4 is 21.6 Å². The van der Waals surface area contributed by atoms with Gasteiger partial charge in [-0.1, -0.05) is 18.2 Å². The van der Waals surface area contributed by atoms with E-state index in [4.69, 9.17) is 0 Å².